The third-order valence-electron chi connectivity index (χ3n) is 2.14. The Kier molecular flexibility index (Phi) is 3.59. The number of halogens is 3. The van der Waals surface area contributed by atoms with E-state index in [1.807, 2.05) is 6.92 Å². The number of benzene rings is 1. The maximum atomic E-state index is 13.4. The third kappa shape index (κ3) is 2.92. The lowest BCUT2D eigenvalue weighted by Crippen LogP contribution is -1.97. The predicted octanol–water partition coefficient (Wildman–Crippen LogP) is 4.08. The van der Waals surface area contributed by atoms with E-state index in [9.17, 15) is 4.39 Å². The first-order chi connectivity index (χ1) is 8.06. The molecule has 0 aliphatic carbocycles. The standard InChI is InChI=1S/C11H8BrClFN3/c1-6-2-7(12)8(14)3-9(6)16-11-5-15-4-10(13)17-11/h2-5H,1H3,(H,16,17). The van der Waals surface area contributed by atoms with E-state index >= 15 is 0 Å². The third-order valence-corrected chi connectivity index (χ3v) is 2.92. The number of aromatic nitrogens is 2. The molecule has 17 heavy (non-hydrogen) atoms. The van der Waals surface area contributed by atoms with Crippen LogP contribution < -0.4 is 5.32 Å². The van der Waals surface area contributed by atoms with Gasteiger partial charge >= 0.3 is 0 Å². The van der Waals surface area contributed by atoms with Gasteiger partial charge in [0.1, 0.15) is 11.0 Å². The second kappa shape index (κ2) is 4.98. The van der Waals surface area contributed by atoms with E-state index in [4.69, 9.17) is 11.6 Å². The number of nitrogens with zero attached hydrogens (tertiary/aromatic N) is 2. The molecule has 0 spiro atoms. The molecule has 2 aromatic rings. The van der Waals surface area contributed by atoms with Crippen LogP contribution in [0.25, 0.3) is 0 Å². The molecule has 0 aliphatic heterocycles. The van der Waals surface area contributed by atoms with Gasteiger partial charge in [-0.3, -0.25) is 4.98 Å². The summed E-state index contributed by atoms with van der Waals surface area (Å²) in [4.78, 5) is 7.91. The zero-order chi connectivity index (χ0) is 12.4. The first-order valence-corrected chi connectivity index (χ1v) is 5.93. The molecule has 0 fully saturated rings. The molecule has 0 saturated heterocycles. The van der Waals surface area contributed by atoms with Crippen molar-refractivity contribution in [3.05, 3.63) is 45.5 Å². The van der Waals surface area contributed by atoms with Gasteiger partial charge in [0.15, 0.2) is 5.82 Å². The Hall–Kier alpha value is -1.20. The van der Waals surface area contributed by atoms with Crippen molar-refractivity contribution in [2.45, 2.75) is 6.92 Å². The van der Waals surface area contributed by atoms with E-state index in [0.717, 1.165) is 5.56 Å². The average Bonchev–Trinajstić information content (AvgIpc) is 2.26. The topological polar surface area (TPSA) is 37.8 Å². The van der Waals surface area contributed by atoms with E-state index in [1.54, 1.807) is 6.07 Å². The van der Waals surface area contributed by atoms with Crippen molar-refractivity contribution in [3.8, 4) is 0 Å². The SMILES string of the molecule is Cc1cc(Br)c(F)cc1Nc1cncc(Cl)n1. The summed E-state index contributed by atoms with van der Waals surface area (Å²) in [5, 5.41) is 3.24. The van der Waals surface area contributed by atoms with Crippen LogP contribution in [-0.2, 0) is 0 Å². The second-order valence-electron chi connectivity index (χ2n) is 3.43. The highest BCUT2D eigenvalue weighted by Gasteiger charge is 2.06. The minimum atomic E-state index is -0.340. The molecule has 1 N–H and O–H groups in total. The van der Waals surface area contributed by atoms with Crippen LogP contribution in [0.4, 0.5) is 15.9 Å². The number of hydrogen-bond donors (Lipinski definition) is 1. The van der Waals surface area contributed by atoms with Gasteiger partial charge in [0.25, 0.3) is 0 Å². The van der Waals surface area contributed by atoms with Crippen LogP contribution >= 0.6 is 27.5 Å². The highest BCUT2D eigenvalue weighted by molar-refractivity contribution is 9.10. The number of aryl methyl sites for hydroxylation is 1. The Bertz CT molecular complexity index is 562. The van der Waals surface area contributed by atoms with Crippen LogP contribution in [0, 0.1) is 12.7 Å². The molecular weight excluding hydrogens is 308 g/mol. The van der Waals surface area contributed by atoms with Crippen LogP contribution in [0.1, 0.15) is 5.56 Å². The van der Waals surface area contributed by atoms with Crippen molar-refractivity contribution < 1.29 is 4.39 Å². The normalized spacial score (nSPS) is 10.4. The van der Waals surface area contributed by atoms with Gasteiger partial charge in [0, 0.05) is 5.69 Å². The molecular formula is C11H8BrClFN3. The Morgan fingerprint density at radius 3 is 2.82 bits per heavy atom. The van der Waals surface area contributed by atoms with Crippen molar-refractivity contribution in [2.24, 2.45) is 0 Å². The number of anilines is 2. The fourth-order valence-electron chi connectivity index (χ4n) is 1.32. The number of nitrogens with one attached hydrogen (secondary N) is 1. The lowest BCUT2D eigenvalue weighted by atomic mass is 10.2. The zero-order valence-corrected chi connectivity index (χ0v) is 11.2. The van der Waals surface area contributed by atoms with Crippen molar-refractivity contribution in [1.82, 2.24) is 9.97 Å². The molecule has 1 aromatic heterocycles. The summed E-state index contributed by atoms with van der Waals surface area (Å²) in [5.74, 6) is 0.135. The summed E-state index contributed by atoms with van der Waals surface area (Å²) < 4.78 is 13.8. The maximum absolute atomic E-state index is 13.4. The highest BCUT2D eigenvalue weighted by Crippen LogP contribution is 2.26. The van der Waals surface area contributed by atoms with E-state index in [0.29, 0.717) is 16.0 Å². The Labute approximate surface area is 111 Å². The Morgan fingerprint density at radius 2 is 2.12 bits per heavy atom. The zero-order valence-electron chi connectivity index (χ0n) is 8.84. The molecule has 0 unspecified atom stereocenters. The fourth-order valence-corrected chi connectivity index (χ4v) is 1.93. The van der Waals surface area contributed by atoms with E-state index < -0.39 is 0 Å². The Morgan fingerprint density at radius 1 is 1.35 bits per heavy atom. The van der Waals surface area contributed by atoms with E-state index in [-0.39, 0.29) is 11.0 Å². The maximum Gasteiger partial charge on any atom is 0.150 e. The van der Waals surface area contributed by atoms with Gasteiger partial charge in [-0.15, -0.1) is 0 Å². The molecule has 1 aromatic carbocycles. The van der Waals surface area contributed by atoms with Crippen molar-refractivity contribution in [2.75, 3.05) is 5.32 Å². The monoisotopic (exact) mass is 315 g/mol. The van der Waals surface area contributed by atoms with Crippen molar-refractivity contribution in [3.63, 3.8) is 0 Å². The van der Waals surface area contributed by atoms with Crippen molar-refractivity contribution in [1.29, 1.82) is 0 Å². The van der Waals surface area contributed by atoms with E-state index in [2.05, 4.69) is 31.2 Å². The average molecular weight is 317 g/mol. The van der Waals surface area contributed by atoms with Crippen LogP contribution in [0.2, 0.25) is 5.15 Å². The van der Waals surface area contributed by atoms with Crippen LogP contribution in [0.15, 0.2) is 29.0 Å². The quantitative estimate of drug-likeness (QED) is 0.907. The van der Waals surface area contributed by atoms with Gasteiger partial charge in [0.2, 0.25) is 0 Å². The summed E-state index contributed by atoms with van der Waals surface area (Å²) in [7, 11) is 0. The molecule has 1 heterocycles. The minimum Gasteiger partial charge on any atom is -0.339 e. The lowest BCUT2D eigenvalue weighted by Gasteiger charge is -2.09. The van der Waals surface area contributed by atoms with Gasteiger partial charge in [-0.05, 0) is 40.5 Å². The van der Waals surface area contributed by atoms with Gasteiger partial charge in [0.05, 0.1) is 16.9 Å². The molecule has 0 aliphatic rings. The van der Waals surface area contributed by atoms with Crippen LogP contribution in [-0.4, -0.2) is 9.97 Å². The van der Waals surface area contributed by atoms with Crippen molar-refractivity contribution >= 4 is 39.0 Å². The lowest BCUT2D eigenvalue weighted by molar-refractivity contribution is 0.621. The summed E-state index contributed by atoms with van der Waals surface area (Å²) in [6, 6.07) is 3.08. The molecule has 0 amide bonds. The first kappa shape index (κ1) is 12.3. The molecule has 2 rings (SSSR count). The second-order valence-corrected chi connectivity index (χ2v) is 4.67. The van der Waals surface area contributed by atoms with E-state index in [1.165, 1.54) is 18.5 Å². The minimum absolute atomic E-state index is 0.283. The molecule has 88 valence electrons. The molecule has 3 nitrogen and oxygen atoms in total. The van der Waals surface area contributed by atoms with Gasteiger partial charge in [-0.25, -0.2) is 9.37 Å². The molecule has 0 bridgehead atoms. The smallest absolute Gasteiger partial charge is 0.150 e. The summed E-state index contributed by atoms with van der Waals surface area (Å²) in [6.45, 7) is 1.87. The van der Waals surface area contributed by atoms with Gasteiger partial charge in [-0.2, -0.15) is 0 Å². The number of rotatable bonds is 2. The molecule has 0 radical (unpaired) electrons. The van der Waals surface area contributed by atoms with Gasteiger partial charge < -0.3 is 5.32 Å². The fraction of sp³-hybridized carbons (Fsp3) is 0.0909. The molecule has 6 heteroatoms. The Balaban J connectivity index is 2.33. The largest absolute Gasteiger partial charge is 0.339 e. The summed E-state index contributed by atoms with van der Waals surface area (Å²) in [5.41, 5.74) is 1.52. The summed E-state index contributed by atoms with van der Waals surface area (Å²) in [6.07, 6.45) is 2.95. The van der Waals surface area contributed by atoms with Crippen LogP contribution in [0.3, 0.4) is 0 Å². The molecule has 0 saturated carbocycles. The summed E-state index contributed by atoms with van der Waals surface area (Å²) >= 11 is 8.84. The van der Waals surface area contributed by atoms with Crippen LogP contribution in [0.5, 0.6) is 0 Å². The molecule has 0 atom stereocenters. The van der Waals surface area contributed by atoms with Gasteiger partial charge in [-0.1, -0.05) is 11.6 Å². The predicted molar refractivity (Wildman–Crippen MR) is 69.2 cm³/mol. The first-order valence-electron chi connectivity index (χ1n) is 4.76. The number of hydrogen-bond acceptors (Lipinski definition) is 3. The highest BCUT2D eigenvalue weighted by atomic mass is 79.9.